The Labute approximate surface area is 79.9 Å². The van der Waals surface area contributed by atoms with Crippen molar-refractivity contribution >= 4 is 17.1 Å². The van der Waals surface area contributed by atoms with Crippen LogP contribution in [-0.4, -0.2) is 26.7 Å². The molecule has 0 unspecified atom stereocenters. The van der Waals surface area contributed by atoms with Crippen LogP contribution < -0.4 is 0 Å². The van der Waals surface area contributed by atoms with Crippen LogP contribution in [0.2, 0.25) is 26.2 Å². The lowest BCUT2D eigenvalue weighted by Gasteiger charge is -2.23. The van der Waals surface area contributed by atoms with Gasteiger partial charge in [-0.05, 0) is 26.2 Å². The fourth-order valence-electron chi connectivity index (χ4n) is 0.611. The lowest BCUT2D eigenvalue weighted by molar-refractivity contribution is 0.322. The van der Waals surface area contributed by atoms with Gasteiger partial charge in [-0.15, -0.1) is 0 Å². The third kappa shape index (κ3) is 22.4. The van der Waals surface area contributed by atoms with Gasteiger partial charge in [0.15, 0.2) is 0 Å². The van der Waals surface area contributed by atoms with E-state index in [9.17, 15) is 0 Å². The van der Waals surface area contributed by atoms with Crippen molar-refractivity contribution in [2.24, 2.45) is 0 Å². The molecule has 0 rings (SSSR count). The van der Waals surface area contributed by atoms with Crippen LogP contribution in [0.3, 0.4) is 0 Å². The first kappa shape index (κ1) is 22.8. The monoisotopic (exact) mass is 214 g/mol. The van der Waals surface area contributed by atoms with Crippen molar-refractivity contribution in [2.45, 2.75) is 48.5 Å². The molecule has 2 N–H and O–H groups in total. The highest BCUT2D eigenvalue weighted by molar-refractivity contribution is 6.77. The van der Waals surface area contributed by atoms with E-state index in [4.69, 9.17) is 13.7 Å². The Bertz CT molecular complexity index is 81.8. The summed E-state index contributed by atoms with van der Waals surface area (Å²) < 4.78 is 5.01. The van der Waals surface area contributed by atoms with Crippen LogP contribution in [0.4, 0.5) is 0 Å². The maximum atomic E-state index is 9.14. The van der Waals surface area contributed by atoms with E-state index >= 15 is 0 Å². The summed E-state index contributed by atoms with van der Waals surface area (Å²) in [5.74, 6) is 0. The van der Waals surface area contributed by atoms with Gasteiger partial charge < -0.3 is 13.7 Å². The van der Waals surface area contributed by atoms with Gasteiger partial charge in [0.05, 0.1) is 0 Å². The van der Waals surface area contributed by atoms with E-state index in [1.807, 2.05) is 0 Å². The highest BCUT2D eigenvalue weighted by atomic mass is 28.5. The van der Waals surface area contributed by atoms with E-state index in [1.165, 1.54) is 0 Å². The van der Waals surface area contributed by atoms with E-state index in [1.54, 1.807) is 26.2 Å². The fourth-order valence-corrected chi connectivity index (χ4v) is 5.50. The van der Waals surface area contributed by atoms with Gasteiger partial charge in [0.25, 0.3) is 0 Å². The third-order valence-electron chi connectivity index (χ3n) is 0.500. The highest BCUT2D eigenvalue weighted by Gasteiger charge is 2.30. The first-order valence-corrected chi connectivity index (χ1v) is 8.57. The predicted molar refractivity (Wildman–Crippen MR) is 60.7 cm³/mol. The molecule has 0 aliphatic heterocycles. The van der Waals surface area contributed by atoms with E-state index < -0.39 is 17.1 Å². The SMILES string of the molecule is C.C.C.C[Si](C)(O)O[Si](C)(C)O. The van der Waals surface area contributed by atoms with E-state index in [0.29, 0.717) is 0 Å². The Morgan fingerprint density at radius 1 is 0.750 bits per heavy atom. The molecule has 80 valence electrons. The molecule has 0 bridgehead atoms. The summed E-state index contributed by atoms with van der Waals surface area (Å²) in [5, 5.41) is 0. The van der Waals surface area contributed by atoms with Crippen molar-refractivity contribution in [3.63, 3.8) is 0 Å². The molecule has 0 amide bonds. The first-order valence-electron chi connectivity index (χ1n) is 2.86. The molecule has 0 aliphatic rings. The van der Waals surface area contributed by atoms with Gasteiger partial charge in [-0.1, -0.05) is 22.3 Å². The van der Waals surface area contributed by atoms with E-state index in [-0.39, 0.29) is 22.3 Å². The van der Waals surface area contributed by atoms with Gasteiger partial charge in [0.1, 0.15) is 0 Å². The summed E-state index contributed by atoms with van der Waals surface area (Å²) in [7, 11) is -4.96. The van der Waals surface area contributed by atoms with Crippen LogP contribution in [0, 0.1) is 0 Å². The molecule has 0 atom stereocenters. The second-order valence-electron chi connectivity index (χ2n) is 3.00. The number of rotatable bonds is 2. The third-order valence-corrected chi connectivity index (χ3v) is 4.50. The Morgan fingerprint density at radius 2 is 0.917 bits per heavy atom. The standard InChI is InChI=1S/C4H14O3Si2.3CH4/c1-8(2,5)7-9(3,4)6;;;/h5-6H,1-4H3;3*1H4. The Kier molecular flexibility index (Phi) is 12.9. The first-order chi connectivity index (χ1) is 3.71. The van der Waals surface area contributed by atoms with Gasteiger partial charge in [-0.2, -0.15) is 0 Å². The van der Waals surface area contributed by atoms with Crippen molar-refractivity contribution in [3.05, 3.63) is 0 Å². The smallest absolute Gasteiger partial charge is 0.320 e. The topological polar surface area (TPSA) is 49.7 Å². The summed E-state index contributed by atoms with van der Waals surface area (Å²) in [6, 6.07) is 0. The lowest BCUT2D eigenvalue weighted by atomic mass is 11.9. The molecule has 0 saturated carbocycles. The van der Waals surface area contributed by atoms with Gasteiger partial charge >= 0.3 is 17.1 Å². The average molecular weight is 214 g/mol. The molecule has 0 spiro atoms. The van der Waals surface area contributed by atoms with Crippen molar-refractivity contribution in [2.75, 3.05) is 0 Å². The zero-order chi connectivity index (χ0) is 7.71. The van der Waals surface area contributed by atoms with Crippen molar-refractivity contribution < 1.29 is 13.7 Å². The molecule has 0 radical (unpaired) electrons. The largest absolute Gasteiger partial charge is 0.415 e. The summed E-state index contributed by atoms with van der Waals surface area (Å²) in [4.78, 5) is 18.3. The molecule has 0 heterocycles. The summed E-state index contributed by atoms with van der Waals surface area (Å²) in [5.41, 5.74) is 0. The van der Waals surface area contributed by atoms with Crippen molar-refractivity contribution in [1.29, 1.82) is 0 Å². The minimum atomic E-state index is -2.48. The van der Waals surface area contributed by atoms with E-state index in [0.717, 1.165) is 0 Å². The summed E-state index contributed by atoms with van der Waals surface area (Å²) >= 11 is 0. The van der Waals surface area contributed by atoms with E-state index in [2.05, 4.69) is 0 Å². The van der Waals surface area contributed by atoms with Gasteiger partial charge in [-0.25, -0.2) is 0 Å². The summed E-state index contributed by atoms with van der Waals surface area (Å²) in [6.45, 7) is 6.55. The minimum absolute atomic E-state index is 0. The van der Waals surface area contributed by atoms with Crippen molar-refractivity contribution in [3.8, 4) is 0 Å². The molecule has 0 aliphatic carbocycles. The second-order valence-corrected chi connectivity index (χ2v) is 9.60. The Balaban J connectivity index is -0.000000107. The van der Waals surface area contributed by atoms with Gasteiger partial charge in [0.2, 0.25) is 0 Å². The van der Waals surface area contributed by atoms with Gasteiger partial charge in [0, 0.05) is 0 Å². The summed E-state index contributed by atoms with van der Waals surface area (Å²) in [6.07, 6.45) is 0. The maximum Gasteiger partial charge on any atom is 0.320 e. The molecule has 0 aromatic carbocycles. The van der Waals surface area contributed by atoms with Gasteiger partial charge in [-0.3, -0.25) is 0 Å². The number of hydrogen-bond acceptors (Lipinski definition) is 3. The van der Waals surface area contributed by atoms with Crippen LogP contribution in [0.15, 0.2) is 0 Å². The minimum Gasteiger partial charge on any atom is -0.415 e. The van der Waals surface area contributed by atoms with Crippen LogP contribution >= 0.6 is 0 Å². The fraction of sp³-hybridized carbons (Fsp3) is 1.00. The predicted octanol–water partition coefficient (Wildman–Crippen LogP) is 2.30. The number of hydrogen-bond donors (Lipinski definition) is 2. The normalized spacial score (nSPS) is 10.5. The zero-order valence-electron chi connectivity index (χ0n) is 6.30. The molecule has 5 heteroatoms. The highest BCUT2D eigenvalue weighted by Crippen LogP contribution is 2.07. The molecule has 3 nitrogen and oxygen atoms in total. The van der Waals surface area contributed by atoms with Crippen molar-refractivity contribution in [1.82, 2.24) is 0 Å². The van der Waals surface area contributed by atoms with Crippen LogP contribution in [0.25, 0.3) is 0 Å². The maximum absolute atomic E-state index is 9.14. The Morgan fingerprint density at radius 3 is 0.917 bits per heavy atom. The molecule has 0 fully saturated rings. The molecule has 0 aromatic rings. The van der Waals surface area contributed by atoms with Crippen LogP contribution in [0.1, 0.15) is 22.3 Å². The average Bonchev–Trinajstić information content (AvgIpc) is 1.14. The molecule has 12 heavy (non-hydrogen) atoms. The van der Waals surface area contributed by atoms with Crippen LogP contribution in [0.5, 0.6) is 0 Å². The lowest BCUT2D eigenvalue weighted by Crippen LogP contribution is -2.44. The second kappa shape index (κ2) is 6.79. The van der Waals surface area contributed by atoms with Crippen LogP contribution in [-0.2, 0) is 4.12 Å². The molecular weight excluding hydrogens is 188 g/mol. The molecule has 0 saturated heterocycles. The Hall–Kier alpha value is 0.314. The molecular formula is C7H26O3Si2. The zero-order valence-corrected chi connectivity index (χ0v) is 8.30. The molecule has 0 aromatic heterocycles. The quantitative estimate of drug-likeness (QED) is 0.694.